The number of carbonyl (C=O) groups excluding carboxylic acids is 1. The Morgan fingerprint density at radius 2 is 1.65 bits per heavy atom. The van der Waals surface area contributed by atoms with E-state index in [9.17, 15) is 13.2 Å². The van der Waals surface area contributed by atoms with Gasteiger partial charge in [-0.15, -0.1) is 0 Å². The lowest BCUT2D eigenvalue weighted by Gasteiger charge is -2.18. The van der Waals surface area contributed by atoms with Crippen molar-refractivity contribution < 1.29 is 17.9 Å². The minimum atomic E-state index is -3.82. The summed E-state index contributed by atoms with van der Waals surface area (Å²) in [4.78, 5) is 12.7. The fourth-order valence-electron chi connectivity index (χ4n) is 2.85. The molecule has 3 aromatic rings. The lowest BCUT2D eigenvalue weighted by Crippen LogP contribution is -2.32. The molecule has 1 amide bonds. The molecular formula is C23H23ClN2O4S. The van der Waals surface area contributed by atoms with Crippen LogP contribution in [0.3, 0.4) is 0 Å². The number of carbonyl (C=O) groups is 1. The lowest BCUT2D eigenvalue weighted by atomic mass is 10.2. The monoisotopic (exact) mass is 458 g/mol. The fourth-order valence-corrected chi connectivity index (χ4v) is 4.17. The van der Waals surface area contributed by atoms with Gasteiger partial charge in [0.05, 0.1) is 15.6 Å². The predicted molar refractivity (Wildman–Crippen MR) is 123 cm³/mol. The summed E-state index contributed by atoms with van der Waals surface area (Å²) in [6.45, 7) is 3.77. The Kier molecular flexibility index (Phi) is 7.20. The van der Waals surface area contributed by atoms with Gasteiger partial charge in [-0.25, -0.2) is 8.42 Å². The van der Waals surface area contributed by atoms with Crippen LogP contribution in [0.2, 0.25) is 5.02 Å². The number of aryl methyl sites for hydroxylation is 1. The summed E-state index contributed by atoms with van der Waals surface area (Å²) in [5.41, 5.74) is 1.70. The molecule has 0 spiro atoms. The molecule has 8 heteroatoms. The van der Waals surface area contributed by atoms with Gasteiger partial charge in [-0.1, -0.05) is 48.9 Å². The maximum absolute atomic E-state index is 12.6. The van der Waals surface area contributed by atoms with Gasteiger partial charge in [0.25, 0.3) is 15.9 Å². The molecule has 162 valence electrons. The first kappa shape index (κ1) is 22.7. The van der Waals surface area contributed by atoms with E-state index in [0.29, 0.717) is 28.6 Å². The highest BCUT2D eigenvalue weighted by Crippen LogP contribution is 2.25. The molecule has 31 heavy (non-hydrogen) atoms. The smallest absolute Gasteiger partial charge is 0.265 e. The number of benzene rings is 3. The van der Waals surface area contributed by atoms with Crippen LogP contribution in [0, 0.1) is 6.92 Å². The van der Waals surface area contributed by atoms with Crippen LogP contribution in [0.25, 0.3) is 0 Å². The molecular weight excluding hydrogens is 436 g/mol. The Hall–Kier alpha value is -3.03. The van der Waals surface area contributed by atoms with Gasteiger partial charge in [0.1, 0.15) is 5.75 Å². The quantitative estimate of drug-likeness (QED) is 0.483. The molecule has 0 aliphatic rings. The van der Waals surface area contributed by atoms with Crippen LogP contribution in [-0.4, -0.2) is 20.4 Å². The molecule has 0 aliphatic carbocycles. The van der Waals surface area contributed by atoms with Crippen LogP contribution in [0.15, 0.2) is 77.7 Å². The van der Waals surface area contributed by atoms with E-state index in [-0.39, 0.29) is 10.8 Å². The summed E-state index contributed by atoms with van der Waals surface area (Å²) in [7, 11) is -3.82. The molecule has 2 N–H and O–H groups in total. The summed E-state index contributed by atoms with van der Waals surface area (Å²) in [6, 6.07) is 19.9. The van der Waals surface area contributed by atoms with Gasteiger partial charge in [0.15, 0.2) is 6.10 Å². The number of ether oxygens (including phenoxy) is 1. The molecule has 0 saturated heterocycles. The number of sulfonamides is 1. The van der Waals surface area contributed by atoms with Crippen molar-refractivity contribution >= 4 is 38.9 Å². The number of anilines is 2. The van der Waals surface area contributed by atoms with Crippen molar-refractivity contribution in [2.24, 2.45) is 0 Å². The molecule has 0 saturated carbocycles. The minimum Gasteiger partial charge on any atom is -0.480 e. The summed E-state index contributed by atoms with van der Waals surface area (Å²) < 4.78 is 33.5. The molecule has 1 atom stereocenters. The first-order chi connectivity index (χ1) is 14.8. The number of halogens is 1. The molecule has 0 bridgehead atoms. The van der Waals surface area contributed by atoms with E-state index in [1.165, 1.54) is 24.3 Å². The fraction of sp³-hybridized carbons (Fsp3) is 0.174. The summed E-state index contributed by atoms with van der Waals surface area (Å²) >= 11 is 6.03. The van der Waals surface area contributed by atoms with Crippen LogP contribution in [0.1, 0.15) is 18.9 Å². The zero-order valence-corrected chi connectivity index (χ0v) is 18.7. The van der Waals surface area contributed by atoms with E-state index in [0.717, 1.165) is 5.56 Å². The van der Waals surface area contributed by atoms with Gasteiger partial charge < -0.3 is 10.1 Å². The van der Waals surface area contributed by atoms with Gasteiger partial charge in [-0.05, 0) is 61.4 Å². The van der Waals surface area contributed by atoms with Crippen molar-refractivity contribution in [3.8, 4) is 5.75 Å². The third-order valence-electron chi connectivity index (χ3n) is 4.58. The average Bonchev–Trinajstić information content (AvgIpc) is 2.75. The molecule has 3 aromatic carbocycles. The third kappa shape index (κ3) is 5.77. The number of para-hydroxylation sites is 2. The summed E-state index contributed by atoms with van der Waals surface area (Å²) in [5, 5.41) is 3.07. The second kappa shape index (κ2) is 9.85. The molecule has 6 nitrogen and oxygen atoms in total. The number of hydrogen-bond acceptors (Lipinski definition) is 4. The molecule has 0 aromatic heterocycles. The van der Waals surface area contributed by atoms with Crippen molar-refractivity contribution in [3.05, 3.63) is 83.4 Å². The van der Waals surface area contributed by atoms with Crippen LogP contribution in [0.4, 0.5) is 11.4 Å². The molecule has 0 fully saturated rings. The van der Waals surface area contributed by atoms with E-state index in [1.807, 2.05) is 38.1 Å². The van der Waals surface area contributed by atoms with Crippen LogP contribution < -0.4 is 14.8 Å². The Balaban J connectivity index is 1.68. The van der Waals surface area contributed by atoms with Gasteiger partial charge in [0, 0.05) is 5.69 Å². The zero-order valence-electron chi connectivity index (χ0n) is 17.1. The van der Waals surface area contributed by atoms with E-state index in [4.69, 9.17) is 16.3 Å². The van der Waals surface area contributed by atoms with Crippen molar-refractivity contribution in [2.45, 2.75) is 31.3 Å². The Bertz CT molecular complexity index is 1160. The first-order valence-electron chi connectivity index (χ1n) is 9.70. The van der Waals surface area contributed by atoms with E-state index in [1.54, 1.807) is 24.3 Å². The van der Waals surface area contributed by atoms with E-state index < -0.39 is 16.1 Å². The SMILES string of the molecule is CC[C@@H](Oc1ccccc1C)C(=O)Nc1ccc(S(=O)(=O)Nc2ccccc2Cl)cc1. The van der Waals surface area contributed by atoms with Gasteiger partial charge in [0.2, 0.25) is 0 Å². The van der Waals surface area contributed by atoms with E-state index in [2.05, 4.69) is 10.0 Å². The summed E-state index contributed by atoms with van der Waals surface area (Å²) in [6.07, 6.45) is -0.194. The lowest BCUT2D eigenvalue weighted by molar-refractivity contribution is -0.122. The molecule has 3 rings (SSSR count). The number of hydrogen-bond donors (Lipinski definition) is 2. The maximum Gasteiger partial charge on any atom is 0.265 e. The highest BCUT2D eigenvalue weighted by Gasteiger charge is 2.20. The normalized spacial score (nSPS) is 12.1. The Labute approximate surface area is 187 Å². The van der Waals surface area contributed by atoms with Crippen molar-refractivity contribution in [1.29, 1.82) is 0 Å². The van der Waals surface area contributed by atoms with E-state index >= 15 is 0 Å². The van der Waals surface area contributed by atoms with Crippen LogP contribution in [0.5, 0.6) is 5.75 Å². The van der Waals surface area contributed by atoms with Gasteiger partial charge >= 0.3 is 0 Å². The van der Waals surface area contributed by atoms with Gasteiger partial charge in [-0.3, -0.25) is 9.52 Å². The largest absolute Gasteiger partial charge is 0.480 e. The second-order valence-electron chi connectivity index (χ2n) is 6.88. The average molecular weight is 459 g/mol. The molecule has 0 heterocycles. The first-order valence-corrected chi connectivity index (χ1v) is 11.6. The van der Waals surface area contributed by atoms with Crippen molar-refractivity contribution in [1.82, 2.24) is 0 Å². The topological polar surface area (TPSA) is 84.5 Å². The standard InChI is InChI=1S/C23H23ClN2O4S/c1-3-21(30-22-11-7-4-8-16(22)2)23(27)25-17-12-14-18(15-13-17)31(28,29)26-20-10-6-5-9-19(20)24/h4-15,21,26H,3H2,1-2H3,(H,25,27)/t21-/m1/s1. The van der Waals surface area contributed by atoms with Crippen LogP contribution in [-0.2, 0) is 14.8 Å². The number of amides is 1. The summed E-state index contributed by atoms with van der Waals surface area (Å²) in [5.74, 6) is 0.340. The highest BCUT2D eigenvalue weighted by atomic mass is 35.5. The van der Waals surface area contributed by atoms with Crippen molar-refractivity contribution in [3.63, 3.8) is 0 Å². The van der Waals surface area contributed by atoms with Crippen molar-refractivity contribution in [2.75, 3.05) is 10.0 Å². The van der Waals surface area contributed by atoms with Gasteiger partial charge in [-0.2, -0.15) is 0 Å². The maximum atomic E-state index is 12.6. The highest BCUT2D eigenvalue weighted by molar-refractivity contribution is 7.92. The Morgan fingerprint density at radius 3 is 2.29 bits per heavy atom. The number of nitrogens with one attached hydrogen (secondary N) is 2. The molecule has 0 radical (unpaired) electrons. The third-order valence-corrected chi connectivity index (χ3v) is 6.29. The second-order valence-corrected chi connectivity index (χ2v) is 8.97. The minimum absolute atomic E-state index is 0.0496. The molecule has 0 aliphatic heterocycles. The van der Waals surface area contributed by atoms with Crippen LogP contribution >= 0.6 is 11.6 Å². The zero-order chi connectivity index (χ0) is 22.4. The molecule has 0 unspecified atom stereocenters. The Morgan fingerprint density at radius 1 is 1.00 bits per heavy atom. The predicted octanol–water partition coefficient (Wildman–Crippen LogP) is 5.25. The number of rotatable bonds is 8.